The zero-order valence-electron chi connectivity index (χ0n) is 12.3. The Morgan fingerprint density at radius 1 is 1.33 bits per heavy atom. The van der Waals surface area contributed by atoms with Gasteiger partial charge in [-0.3, -0.25) is 9.48 Å². The van der Waals surface area contributed by atoms with E-state index in [1.807, 2.05) is 13.8 Å². The average Bonchev–Trinajstić information content (AvgIpc) is 2.83. The molecule has 0 N–H and O–H groups in total. The third-order valence-corrected chi connectivity index (χ3v) is 3.59. The van der Waals surface area contributed by atoms with Crippen molar-refractivity contribution in [2.75, 3.05) is 7.11 Å². The molecule has 2 aromatic heterocycles. The van der Waals surface area contributed by atoms with Gasteiger partial charge in [-0.25, -0.2) is 0 Å². The van der Waals surface area contributed by atoms with E-state index >= 15 is 0 Å². The van der Waals surface area contributed by atoms with E-state index in [4.69, 9.17) is 16.3 Å². The lowest BCUT2D eigenvalue weighted by Gasteiger charge is -2.04. The van der Waals surface area contributed by atoms with Crippen molar-refractivity contribution in [2.24, 2.45) is 0 Å². The molecule has 0 saturated heterocycles. The fourth-order valence-electron chi connectivity index (χ4n) is 2.01. The lowest BCUT2D eigenvalue weighted by atomic mass is 10.1. The minimum Gasteiger partial charge on any atom is -0.480 e. The molecule has 2 aromatic rings. The molecule has 0 aliphatic carbocycles. The zero-order chi connectivity index (χ0) is 15.4. The Bertz CT molecular complexity index is 637. The van der Waals surface area contributed by atoms with Crippen LogP contribution in [0, 0.1) is 0 Å². The number of rotatable bonds is 6. The number of carbonyl (C=O) groups excluding carboxylic acids is 1. The van der Waals surface area contributed by atoms with Crippen LogP contribution < -0.4 is 4.74 Å². The lowest BCUT2D eigenvalue weighted by molar-refractivity contribution is 0.0984. The molecule has 112 valence electrons. The van der Waals surface area contributed by atoms with Crippen molar-refractivity contribution in [3.05, 3.63) is 34.2 Å². The molecule has 6 nitrogen and oxygen atoms in total. The normalized spacial score (nSPS) is 10.7. The number of carbonyl (C=O) groups is 1. The van der Waals surface area contributed by atoms with Crippen molar-refractivity contribution in [2.45, 2.75) is 33.2 Å². The van der Waals surface area contributed by atoms with Crippen molar-refractivity contribution in [1.82, 2.24) is 20.0 Å². The van der Waals surface area contributed by atoms with Gasteiger partial charge in [0.15, 0.2) is 5.78 Å². The zero-order valence-corrected chi connectivity index (χ0v) is 13.0. The fourth-order valence-corrected chi connectivity index (χ4v) is 2.34. The average molecular weight is 309 g/mol. The van der Waals surface area contributed by atoms with Crippen LogP contribution in [0.2, 0.25) is 5.02 Å². The number of aromatic nitrogens is 4. The van der Waals surface area contributed by atoms with Gasteiger partial charge in [-0.1, -0.05) is 18.5 Å². The first-order chi connectivity index (χ1) is 10.1. The summed E-state index contributed by atoms with van der Waals surface area (Å²) in [6.45, 7) is 4.61. The number of ether oxygens (including phenoxy) is 1. The van der Waals surface area contributed by atoms with Crippen LogP contribution in [0.5, 0.6) is 5.88 Å². The van der Waals surface area contributed by atoms with Crippen LogP contribution in [0.3, 0.4) is 0 Å². The standard InChI is InChI=1S/C14H17ClN4O2/c1-4-9-14(15)11(19(5-2)18-9)8-12(20)10-6-7-13(21-3)17-16-10/h6-7H,4-5,8H2,1-3H3. The maximum absolute atomic E-state index is 12.3. The SMILES string of the molecule is CCc1nn(CC)c(CC(=O)c2ccc(OC)nn2)c1Cl. The molecule has 7 heteroatoms. The molecule has 0 aliphatic rings. The molecule has 2 rings (SSSR count). The number of halogens is 1. The first-order valence-corrected chi connectivity index (χ1v) is 7.13. The van der Waals surface area contributed by atoms with Crippen LogP contribution >= 0.6 is 11.6 Å². The molecular weight excluding hydrogens is 292 g/mol. The monoisotopic (exact) mass is 308 g/mol. The summed E-state index contributed by atoms with van der Waals surface area (Å²) in [6, 6.07) is 3.20. The lowest BCUT2D eigenvalue weighted by Crippen LogP contribution is -2.12. The van der Waals surface area contributed by atoms with Gasteiger partial charge in [-0.15, -0.1) is 10.2 Å². The molecule has 0 fully saturated rings. The number of Topliss-reactive ketones (excluding diaryl/α,β-unsaturated/α-hetero) is 1. The Hall–Kier alpha value is -1.95. The van der Waals surface area contributed by atoms with E-state index in [1.54, 1.807) is 16.8 Å². The number of hydrogen-bond donors (Lipinski definition) is 0. The second-order valence-corrected chi connectivity index (χ2v) is 4.82. The van der Waals surface area contributed by atoms with Crippen molar-refractivity contribution >= 4 is 17.4 Å². The minimum atomic E-state index is -0.149. The maximum atomic E-state index is 12.3. The van der Waals surface area contributed by atoms with Crippen LogP contribution in [0.15, 0.2) is 12.1 Å². The van der Waals surface area contributed by atoms with Crippen LogP contribution in [-0.4, -0.2) is 32.9 Å². The van der Waals surface area contributed by atoms with Crippen LogP contribution in [0.25, 0.3) is 0 Å². The summed E-state index contributed by atoms with van der Waals surface area (Å²) in [7, 11) is 1.50. The molecule has 0 bridgehead atoms. The maximum Gasteiger partial charge on any atom is 0.233 e. The predicted octanol–water partition coefficient (Wildman–Crippen LogP) is 2.34. The van der Waals surface area contributed by atoms with Gasteiger partial charge in [-0.2, -0.15) is 5.10 Å². The molecule has 21 heavy (non-hydrogen) atoms. The molecule has 0 aromatic carbocycles. The summed E-state index contributed by atoms with van der Waals surface area (Å²) in [5.41, 5.74) is 1.81. The quantitative estimate of drug-likeness (QED) is 0.766. The summed E-state index contributed by atoms with van der Waals surface area (Å²) in [4.78, 5) is 12.3. The summed E-state index contributed by atoms with van der Waals surface area (Å²) in [5, 5.41) is 12.6. The van der Waals surface area contributed by atoms with Gasteiger partial charge >= 0.3 is 0 Å². The van der Waals surface area contributed by atoms with E-state index in [-0.39, 0.29) is 17.9 Å². The highest BCUT2D eigenvalue weighted by Crippen LogP contribution is 2.23. The van der Waals surface area contributed by atoms with Crippen LogP contribution in [0.1, 0.15) is 35.7 Å². The molecule has 2 heterocycles. The molecule has 0 saturated carbocycles. The van der Waals surface area contributed by atoms with Crippen molar-refractivity contribution < 1.29 is 9.53 Å². The fraction of sp³-hybridized carbons (Fsp3) is 0.429. The largest absolute Gasteiger partial charge is 0.480 e. The second-order valence-electron chi connectivity index (χ2n) is 4.44. The molecule has 0 amide bonds. The first-order valence-electron chi connectivity index (χ1n) is 6.75. The molecular formula is C14H17ClN4O2. The molecule has 0 radical (unpaired) electrons. The van der Waals surface area contributed by atoms with E-state index in [0.29, 0.717) is 17.4 Å². The number of ketones is 1. The summed E-state index contributed by atoms with van der Waals surface area (Å²) in [5.74, 6) is 0.223. The van der Waals surface area contributed by atoms with Crippen LogP contribution in [0.4, 0.5) is 0 Å². The summed E-state index contributed by atoms with van der Waals surface area (Å²) >= 11 is 6.30. The van der Waals surface area contributed by atoms with Gasteiger partial charge in [-0.05, 0) is 19.4 Å². The van der Waals surface area contributed by atoms with Crippen molar-refractivity contribution in [1.29, 1.82) is 0 Å². The van der Waals surface area contributed by atoms with Crippen molar-refractivity contribution in [3.8, 4) is 5.88 Å². The predicted molar refractivity (Wildman–Crippen MR) is 78.9 cm³/mol. The van der Waals surface area contributed by atoms with E-state index < -0.39 is 0 Å². The van der Waals surface area contributed by atoms with E-state index in [0.717, 1.165) is 17.8 Å². The van der Waals surface area contributed by atoms with Crippen molar-refractivity contribution in [3.63, 3.8) is 0 Å². The Labute approximate surface area is 128 Å². The van der Waals surface area contributed by atoms with E-state index in [9.17, 15) is 4.79 Å². The number of nitrogens with zero attached hydrogens (tertiary/aromatic N) is 4. The summed E-state index contributed by atoms with van der Waals surface area (Å²) in [6.07, 6.45) is 0.885. The highest BCUT2D eigenvalue weighted by molar-refractivity contribution is 6.32. The van der Waals surface area contributed by atoms with E-state index in [1.165, 1.54) is 7.11 Å². The number of aryl methyl sites for hydroxylation is 2. The van der Waals surface area contributed by atoms with Gasteiger partial charge in [0.25, 0.3) is 0 Å². The first kappa shape index (κ1) is 15.4. The highest BCUT2D eigenvalue weighted by atomic mass is 35.5. The number of hydrogen-bond acceptors (Lipinski definition) is 5. The van der Waals surface area contributed by atoms with Gasteiger partial charge in [0.05, 0.1) is 29.9 Å². The Morgan fingerprint density at radius 3 is 2.62 bits per heavy atom. The molecule has 0 atom stereocenters. The molecule has 0 spiro atoms. The van der Waals surface area contributed by atoms with Gasteiger partial charge < -0.3 is 4.74 Å². The van der Waals surface area contributed by atoms with Crippen LogP contribution in [-0.2, 0) is 19.4 Å². The summed E-state index contributed by atoms with van der Waals surface area (Å²) < 4.78 is 6.68. The number of methoxy groups -OCH3 is 1. The Morgan fingerprint density at radius 2 is 2.10 bits per heavy atom. The third kappa shape index (κ3) is 3.21. The van der Waals surface area contributed by atoms with Gasteiger partial charge in [0, 0.05) is 12.6 Å². The third-order valence-electron chi connectivity index (χ3n) is 3.16. The van der Waals surface area contributed by atoms with Gasteiger partial charge in [0.1, 0.15) is 5.69 Å². The molecule has 0 unspecified atom stereocenters. The minimum absolute atomic E-state index is 0.149. The second kappa shape index (κ2) is 6.67. The smallest absolute Gasteiger partial charge is 0.233 e. The Kier molecular flexibility index (Phi) is 4.90. The topological polar surface area (TPSA) is 69.9 Å². The Balaban J connectivity index is 2.24. The van der Waals surface area contributed by atoms with E-state index in [2.05, 4.69) is 15.3 Å². The van der Waals surface area contributed by atoms with Gasteiger partial charge in [0.2, 0.25) is 5.88 Å². The highest BCUT2D eigenvalue weighted by Gasteiger charge is 2.19. The molecule has 0 aliphatic heterocycles.